The quantitative estimate of drug-likeness (QED) is 0.390. The van der Waals surface area contributed by atoms with Gasteiger partial charge in [-0.3, -0.25) is 0 Å². The van der Waals surface area contributed by atoms with E-state index in [2.05, 4.69) is 41.7 Å². The van der Waals surface area contributed by atoms with E-state index in [0.29, 0.717) is 21.9 Å². The first-order valence-electron chi connectivity index (χ1n) is 12.6. The number of hydrogen-bond donors (Lipinski definition) is 1. The average Bonchev–Trinajstić information content (AvgIpc) is 3.17. The maximum atomic E-state index is 13.2. The molecule has 1 unspecified atom stereocenters. The van der Waals surface area contributed by atoms with E-state index in [1.807, 2.05) is 19.1 Å². The molecule has 37 heavy (non-hydrogen) atoms. The van der Waals surface area contributed by atoms with Crippen molar-refractivity contribution in [1.82, 2.24) is 14.7 Å². The van der Waals surface area contributed by atoms with Crippen molar-refractivity contribution < 1.29 is 9.29 Å². The number of hydrogen-bond acceptors (Lipinski definition) is 6. The Kier molecular flexibility index (Phi) is 6.16. The molecule has 3 heterocycles. The van der Waals surface area contributed by atoms with Crippen LogP contribution in [0.5, 0.6) is 5.88 Å². The van der Waals surface area contributed by atoms with E-state index < -0.39 is 16.1 Å². The minimum absolute atomic E-state index is 0.0362. The number of nitrogens with zero attached hydrogens (tertiary/aromatic N) is 3. The highest BCUT2D eigenvalue weighted by Gasteiger charge is 2.56. The van der Waals surface area contributed by atoms with Crippen molar-refractivity contribution in [3.05, 3.63) is 68.8 Å². The second kappa shape index (κ2) is 9.02. The molecule has 1 spiro atoms. The van der Waals surface area contributed by atoms with Gasteiger partial charge in [0, 0.05) is 41.0 Å². The molecule has 2 aromatic carbocycles. The zero-order valence-corrected chi connectivity index (χ0v) is 23.7. The van der Waals surface area contributed by atoms with Crippen LogP contribution in [0.25, 0.3) is 11.1 Å². The smallest absolute Gasteiger partial charge is 0.228 e. The molecule has 1 fully saturated rings. The summed E-state index contributed by atoms with van der Waals surface area (Å²) >= 11 is 11.7. The van der Waals surface area contributed by atoms with Gasteiger partial charge >= 0.3 is 0 Å². The van der Waals surface area contributed by atoms with E-state index in [4.69, 9.17) is 37.9 Å². The van der Waals surface area contributed by atoms with E-state index in [-0.39, 0.29) is 11.5 Å². The molecule has 1 aliphatic carbocycles. The van der Waals surface area contributed by atoms with Crippen molar-refractivity contribution in [3.8, 4) is 17.0 Å². The Morgan fingerprint density at radius 1 is 1.11 bits per heavy atom. The molecule has 9 heteroatoms. The molecular weight excluding hydrogens is 527 g/mol. The molecule has 2 aliphatic heterocycles. The van der Waals surface area contributed by atoms with Crippen LogP contribution in [0.1, 0.15) is 55.1 Å². The fourth-order valence-corrected chi connectivity index (χ4v) is 8.05. The molecule has 2 atom stereocenters. The van der Waals surface area contributed by atoms with Crippen molar-refractivity contribution in [2.75, 3.05) is 25.1 Å². The van der Waals surface area contributed by atoms with Crippen molar-refractivity contribution in [2.45, 2.75) is 50.8 Å². The maximum absolute atomic E-state index is 13.2. The van der Waals surface area contributed by atoms with E-state index >= 15 is 0 Å². The van der Waals surface area contributed by atoms with Crippen LogP contribution >= 0.6 is 23.2 Å². The molecule has 6 rings (SSSR count). The average molecular weight is 558 g/mol. The number of piperidine rings is 1. The Bertz CT molecular complexity index is 1390. The second-order valence-corrected chi connectivity index (χ2v) is 13.4. The van der Waals surface area contributed by atoms with Gasteiger partial charge in [-0.1, -0.05) is 53.5 Å². The Morgan fingerprint density at radius 3 is 2.57 bits per heavy atom. The van der Waals surface area contributed by atoms with Gasteiger partial charge in [0.2, 0.25) is 11.8 Å². The lowest BCUT2D eigenvalue weighted by molar-refractivity contribution is 0.172. The number of ether oxygens (including phenoxy) is 1. The Balaban J connectivity index is 1.29. The van der Waals surface area contributed by atoms with Crippen LogP contribution in [0.3, 0.4) is 0 Å². The normalized spacial score (nSPS) is 23.3. The summed E-state index contributed by atoms with van der Waals surface area (Å²) < 4.78 is 22.1. The molecule has 1 aromatic heterocycles. The first kappa shape index (κ1) is 25.3. The van der Waals surface area contributed by atoms with Gasteiger partial charge in [-0.15, -0.1) is 4.72 Å². The van der Waals surface area contributed by atoms with Gasteiger partial charge in [-0.05, 0) is 57.2 Å². The zero-order chi connectivity index (χ0) is 26.1. The van der Waals surface area contributed by atoms with Crippen LogP contribution in [0, 0.1) is 12.3 Å². The summed E-state index contributed by atoms with van der Waals surface area (Å²) in [6, 6.07) is 12.2. The summed E-state index contributed by atoms with van der Waals surface area (Å²) in [4.78, 5) is 11.9. The summed E-state index contributed by atoms with van der Waals surface area (Å²) in [6.45, 7) is 7.73. The minimum atomic E-state index is -1.14. The summed E-state index contributed by atoms with van der Waals surface area (Å²) in [5, 5.41) is 0.940. The number of fused-ring (bicyclic) bond motifs is 1. The first-order chi connectivity index (χ1) is 17.7. The van der Waals surface area contributed by atoms with Crippen molar-refractivity contribution >= 4 is 40.5 Å². The Labute approximate surface area is 231 Å². The second-order valence-electron chi connectivity index (χ2n) is 10.8. The van der Waals surface area contributed by atoms with Crippen molar-refractivity contribution in [1.29, 1.82) is 0 Å². The van der Waals surface area contributed by atoms with E-state index in [1.54, 1.807) is 13.2 Å². The lowest BCUT2D eigenvalue weighted by Crippen LogP contribution is -2.53. The molecule has 1 saturated heterocycles. The molecule has 3 aromatic rings. The third-order valence-corrected chi connectivity index (χ3v) is 10.9. The SMILES string of the molecule is COc1nc(N2CCC3(CC2)Cc2cccc4c2[C@H]3N[S+]([O-])C4(C)C)nc(C)c1-c1cccc(Cl)c1Cl. The highest BCUT2D eigenvalue weighted by Crippen LogP contribution is 2.57. The number of aryl methyl sites for hydroxylation is 1. The lowest BCUT2D eigenvalue weighted by Gasteiger charge is -2.46. The molecule has 0 bridgehead atoms. The number of benzene rings is 2. The summed E-state index contributed by atoms with van der Waals surface area (Å²) in [5.41, 5.74) is 6.33. The topological polar surface area (TPSA) is 73.3 Å². The fraction of sp³-hybridized carbons (Fsp3) is 0.429. The molecule has 0 amide bonds. The third-order valence-electron chi connectivity index (χ3n) is 8.48. The molecule has 1 N–H and O–H groups in total. The summed E-state index contributed by atoms with van der Waals surface area (Å²) in [5.74, 6) is 1.14. The molecule has 6 nitrogen and oxygen atoms in total. The number of nitrogens with one attached hydrogen (secondary N) is 1. The first-order valence-corrected chi connectivity index (χ1v) is 14.5. The number of anilines is 1. The van der Waals surface area contributed by atoms with Crippen LogP contribution < -0.4 is 14.4 Å². The number of methoxy groups -OCH3 is 1. The van der Waals surface area contributed by atoms with E-state index in [9.17, 15) is 4.55 Å². The van der Waals surface area contributed by atoms with Crippen LogP contribution in [0.2, 0.25) is 10.0 Å². The standard InChI is InChI=1S/C28H30Cl2N4O2S/c1-16-21(18-8-6-10-20(29)23(18)30)25(36-4)32-26(31-16)34-13-11-28(12-14-34)15-17-7-5-9-19-22(17)24(28)33-37(35)27(19,2)3/h5-10,24,33H,11-15H2,1-4H3/t24-,37?/m1/s1. The van der Waals surface area contributed by atoms with Crippen LogP contribution in [0.4, 0.5) is 5.95 Å². The predicted molar refractivity (Wildman–Crippen MR) is 150 cm³/mol. The highest BCUT2D eigenvalue weighted by atomic mass is 35.5. The third kappa shape index (κ3) is 3.85. The number of aromatic nitrogens is 2. The van der Waals surface area contributed by atoms with E-state index in [1.165, 1.54) is 16.7 Å². The monoisotopic (exact) mass is 556 g/mol. The summed E-state index contributed by atoms with van der Waals surface area (Å²) in [6.07, 6.45) is 2.93. The Morgan fingerprint density at radius 2 is 1.84 bits per heavy atom. The summed E-state index contributed by atoms with van der Waals surface area (Å²) in [7, 11) is 1.61. The molecule has 0 radical (unpaired) electrons. The van der Waals surface area contributed by atoms with Gasteiger partial charge < -0.3 is 14.2 Å². The largest absolute Gasteiger partial charge is 0.597 e. The maximum Gasteiger partial charge on any atom is 0.228 e. The van der Waals surface area contributed by atoms with E-state index in [0.717, 1.165) is 49.2 Å². The number of rotatable bonds is 3. The Hall–Kier alpha value is -2.03. The van der Waals surface area contributed by atoms with Gasteiger partial charge in [0.25, 0.3) is 0 Å². The lowest BCUT2D eigenvalue weighted by atomic mass is 9.72. The van der Waals surface area contributed by atoms with Crippen LogP contribution in [0.15, 0.2) is 36.4 Å². The van der Waals surface area contributed by atoms with Gasteiger partial charge in [0.15, 0.2) is 4.75 Å². The zero-order valence-electron chi connectivity index (χ0n) is 21.4. The molecule has 0 saturated carbocycles. The minimum Gasteiger partial charge on any atom is -0.597 e. The molecule has 194 valence electrons. The van der Waals surface area contributed by atoms with Crippen molar-refractivity contribution in [2.24, 2.45) is 5.41 Å². The van der Waals surface area contributed by atoms with Gasteiger partial charge in [-0.2, -0.15) is 4.98 Å². The van der Waals surface area contributed by atoms with Gasteiger partial charge in [0.1, 0.15) is 0 Å². The fourth-order valence-electron chi connectivity index (χ4n) is 6.40. The van der Waals surface area contributed by atoms with Crippen LogP contribution in [-0.4, -0.2) is 34.7 Å². The van der Waals surface area contributed by atoms with Crippen LogP contribution in [-0.2, 0) is 22.5 Å². The predicted octanol–water partition coefficient (Wildman–Crippen LogP) is 6.15. The highest BCUT2D eigenvalue weighted by molar-refractivity contribution is 7.90. The van der Waals surface area contributed by atoms with Gasteiger partial charge in [0.05, 0.1) is 34.5 Å². The molecular formula is C28H30Cl2N4O2S. The number of halogens is 2. The molecule has 3 aliphatic rings. The van der Waals surface area contributed by atoms with Crippen molar-refractivity contribution in [3.63, 3.8) is 0 Å². The van der Waals surface area contributed by atoms with Gasteiger partial charge in [-0.25, -0.2) is 4.98 Å².